The van der Waals surface area contributed by atoms with Crippen molar-refractivity contribution in [2.24, 2.45) is 0 Å². The van der Waals surface area contributed by atoms with E-state index >= 15 is 0 Å². The average molecular weight is 150 g/mol. The van der Waals surface area contributed by atoms with Gasteiger partial charge in [-0.3, -0.25) is 0 Å². The largest absolute Gasteiger partial charge is 1.00 e. The molecule has 0 aromatic rings. The number of hydrogen-bond donors (Lipinski definition) is 2. The van der Waals surface area contributed by atoms with Crippen LogP contribution in [-0.4, -0.2) is 24.7 Å². The van der Waals surface area contributed by atoms with Crippen molar-refractivity contribution in [3.8, 4) is 0 Å². The van der Waals surface area contributed by atoms with Gasteiger partial charge in [-0.2, -0.15) is 9.72 Å². The Morgan fingerprint density at radius 1 is 1.20 bits per heavy atom. The second-order valence-corrected chi connectivity index (χ2v) is 0.929. The van der Waals surface area contributed by atoms with E-state index in [0.29, 0.717) is 0 Å². The summed E-state index contributed by atoms with van der Waals surface area (Å²) in [6, 6.07) is 0. The van der Waals surface area contributed by atoms with Crippen LogP contribution in [0.2, 0.25) is 0 Å². The van der Waals surface area contributed by atoms with Crippen molar-refractivity contribution in [1.29, 1.82) is 0 Å². The number of rotatable bonds is 4. The van der Waals surface area contributed by atoms with Crippen molar-refractivity contribution in [1.82, 2.24) is 0 Å². The van der Waals surface area contributed by atoms with Crippen molar-refractivity contribution in [2.75, 3.05) is 0 Å². The van der Waals surface area contributed by atoms with E-state index < -0.39 is 14.6 Å². The Morgan fingerprint density at radius 3 is 1.70 bits per heavy atom. The summed E-state index contributed by atoms with van der Waals surface area (Å²) in [4.78, 5) is 5.14. The van der Waals surface area contributed by atoms with Crippen molar-refractivity contribution < 1.29 is 53.7 Å². The quantitative estimate of drug-likeness (QED) is 0.398. The van der Waals surface area contributed by atoms with Gasteiger partial charge in [0.25, 0.3) is 0 Å². The normalized spacial score (nSPS) is 8.40. The fourth-order valence-electron chi connectivity index (χ4n) is 0.155. The number of halogens is 2. The minimum atomic E-state index is -2.36. The van der Waals surface area contributed by atoms with Crippen molar-refractivity contribution in [3.63, 3.8) is 0 Å². The second-order valence-electron chi connectivity index (χ2n) is 0.929. The summed E-state index contributed by atoms with van der Waals surface area (Å²) >= 11 is 0. The van der Waals surface area contributed by atoms with Crippen molar-refractivity contribution >= 4 is 14.6 Å². The molecule has 0 atom stereocenters. The molecule has 10 heavy (non-hydrogen) atoms. The first-order valence-corrected chi connectivity index (χ1v) is 1.77. The fraction of sp³-hybridized carbons (Fsp3) is 0. The van der Waals surface area contributed by atoms with E-state index in [-0.39, 0.29) is 20.3 Å². The molecule has 5 nitrogen and oxygen atoms in total. The van der Waals surface area contributed by atoms with Crippen LogP contribution < -0.4 is 18.9 Å². The Morgan fingerprint density at radius 2 is 1.60 bits per heavy atom. The molecular weight excluding hydrogens is 147 g/mol. The molecule has 0 aromatic heterocycles. The third kappa shape index (κ3) is 6.51. The molecule has 54 valence electrons. The van der Waals surface area contributed by atoms with E-state index in [1.165, 1.54) is 0 Å². The molecular formula is H3B2F2LiO5. The van der Waals surface area contributed by atoms with Gasteiger partial charge < -0.3 is 16.0 Å². The molecule has 0 aromatic carbocycles. The summed E-state index contributed by atoms with van der Waals surface area (Å²) in [6.45, 7) is 0. The standard InChI is InChI=1S/B2F2H2O5.Li.H/c3-8-2(9-4)7-1(5)6;;/h5-6H;;/q;+1;-1. The van der Waals surface area contributed by atoms with Crippen LogP contribution in [0.25, 0.3) is 0 Å². The molecule has 0 aliphatic heterocycles. The average Bonchev–Trinajstić information content (AvgIpc) is 1.82. The molecule has 0 saturated carbocycles. The summed E-state index contributed by atoms with van der Waals surface area (Å²) in [7, 11) is -4.70. The summed E-state index contributed by atoms with van der Waals surface area (Å²) in [5, 5.41) is 15.6. The van der Waals surface area contributed by atoms with Gasteiger partial charge in [-0.05, 0) is 0 Å². The molecule has 0 heterocycles. The first-order chi connectivity index (χ1) is 4.20. The maximum atomic E-state index is 10.8. The van der Waals surface area contributed by atoms with Crippen molar-refractivity contribution in [3.05, 3.63) is 0 Å². The molecule has 0 spiro atoms. The smallest absolute Gasteiger partial charge is 1.00 e. The zero-order chi connectivity index (χ0) is 7.28. The van der Waals surface area contributed by atoms with E-state index in [0.717, 1.165) is 0 Å². The Kier molecular flexibility index (Phi) is 9.75. The summed E-state index contributed by atoms with van der Waals surface area (Å²) in [5.74, 6) is 0. The van der Waals surface area contributed by atoms with Crippen LogP contribution in [0.4, 0.5) is 9.05 Å². The third-order valence-corrected chi connectivity index (χ3v) is 0.378. The van der Waals surface area contributed by atoms with Crippen LogP contribution in [-0.2, 0) is 14.3 Å². The van der Waals surface area contributed by atoms with E-state index in [1.54, 1.807) is 0 Å². The van der Waals surface area contributed by atoms with Gasteiger partial charge in [0, 0.05) is 0 Å². The van der Waals surface area contributed by atoms with Gasteiger partial charge in [0.05, 0.1) is 0 Å². The zero-order valence-corrected chi connectivity index (χ0v) is 5.03. The van der Waals surface area contributed by atoms with Gasteiger partial charge in [-0.15, -0.1) is 0 Å². The molecule has 0 saturated heterocycles. The molecule has 0 radical (unpaired) electrons. The van der Waals surface area contributed by atoms with Gasteiger partial charge in [-0.1, -0.05) is 9.05 Å². The van der Waals surface area contributed by atoms with Crippen LogP contribution in [0, 0.1) is 0 Å². The Labute approximate surface area is 69.1 Å². The van der Waals surface area contributed by atoms with Crippen LogP contribution in [0.3, 0.4) is 0 Å². The van der Waals surface area contributed by atoms with Crippen LogP contribution in [0.5, 0.6) is 0 Å². The van der Waals surface area contributed by atoms with Gasteiger partial charge in [0.1, 0.15) is 0 Å². The minimum Gasteiger partial charge on any atom is -1.00 e. The summed E-state index contributed by atoms with van der Waals surface area (Å²) < 4.78 is 25.1. The maximum absolute atomic E-state index is 10.8. The summed E-state index contributed by atoms with van der Waals surface area (Å²) in [5.41, 5.74) is 0. The SMILES string of the molecule is OB(O)OB(OF)OF.[H-].[Li+]. The monoisotopic (exact) mass is 150 g/mol. The zero-order valence-electron chi connectivity index (χ0n) is 6.03. The first-order valence-electron chi connectivity index (χ1n) is 1.77. The van der Waals surface area contributed by atoms with Crippen LogP contribution >= 0.6 is 0 Å². The van der Waals surface area contributed by atoms with Gasteiger partial charge in [0.2, 0.25) is 0 Å². The third-order valence-electron chi connectivity index (χ3n) is 0.378. The Bertz CT molecular complexity index is 73.5. The van der Waals surface area contributed by atoms with E-state index in [9.17, 15) is 9.05 Å². The molecule has 0 aliphatic carbocycles. The topological polar surface area (TPSA) is 68.2 Å². The molecule has 0 fully saturated rings. The summed E-state index contributed by atoms with van der Waals surface area (Å²) in [6.07, 6.45) is 0. The van der Waals surface area contributed by atoms with Gasteiger partial charge in [0.15, 0.2) is 0 Å². The minimum absolute atomic E-state index is 0. The molecule has 0 aliphatic rings. The Balaban J connectivity index is -0.000000320. The fourth-order valence-corrected chi connectivity index (χ4v) is 0.155. The van der Waals surface area contributed by atoms with Crippen LogP contribution in [0.15, 0.2) is 0 Å². The van der Waals surface area contributed by atoms with E-state index in [4.69, 9.17) is 10.0 Å². The molecule has 10 heteroatoms. The molecule has 0 rings (SSSR count). The molecule has 0 unspecified atom stereocenters. The van der Waals surface area contributed by atoms with Crippen molar-refractivity contribution in [2.45, 2.75) is 0 Å². The number of hydrogen-bond acceptors (Lipinski definition) is 5. The second kappa shape index (κ2) is 7.49. The van der Waals surface area contributed by atoms with E-state index in [2.05, 4.69) is 14.3 Å². The predicted molar refractivity (Wildman–Crippen MR) is 22.5 cm³/mol. The van der Waals surface area contributed by atoms with Gasteiger partial charge in [-0.25, -0.2) is 0 Å². The van der Waals surface area contributed by atoms with E-state index in [1.807, 2.05) is 0 Å². The molecule has 2 N–H and O–H groups in total. The van der Waals surface area contributed by atoms with Crippen LogP contribution in [0.1, 0.15) is 1.43 Å². The maximum Gasteiger partial charge on any atom is 1.00 e. The van der Waals surface area contributed by atoms with Gasteiger partial charge >= 0.3 is 33.5 Å². The first kappa shape index (κ1) is 13.0. The molecule has 0 bridgehead atoms. The predicted octanol–water partition coefficient (Wildman–Crippen LogP) is -4.12. The molecule has 0 amide bonds. The Hall–Kier alpha value is 0.387.